The lowest BCUT2D eigenvalue weighted by Crippen LogP contribution is -2.24. The first-order valence-corrected chi connectivity index (χ1v) is 8.08. The van der Waals surface area contributed by atoms with E-state index < -0.39 is 17.2 Å². The number of carbonyl (C=O) groups is 1. The molecule has 0 saturated carbocycles. The first kappa shape index (κ1) is 16.9. The molecule has 1 atom stereocenters. The Morgan fingerprint density at radius 2 is 2.20 bits per heavy atom. The van der Waals surface area contributed by atoms with Crippen molar-refractivity contribution in [3.8, 4) is 0 Å². The molecule has 1 aromatic carbocycles. The van der Waals surface area contributed by atoms with Gasteiger partial charge in [0.1, 0.15) is 17.2 Å². The summed E-state index contributed by atoms with van der Waals surface area (Å²) < 4.78 is 15.3. The Hall–Kier alpha value is -2.96. The van der Waals surface area contributed by atoms with Gasteiger partial charge in [0.15, 0.2) is 0 Å². The molecule has 0 fully saturated rings. The van der Waals surface area contributed by atoms with Gasteiger partial charge in [-0.05, 0) is 38.0 Å². The fourth-order valence-corrected chi connectivity index (χ4v) is 2.76. The summed E-state index contributed by atoms with van der Waals surface area (Å²) >= 11 is 0. The summed E-state index contributed by atoms with van der Waals surface area (Å²) in [5.74, 6) is -0.563. The van der Waals surface area contributed by atoms with Crippen LogP contribution in [0.25, 0.3) is 10.9 Å². The van der Waals surface area contributed by atoms with Gasteiger partial charge in [-0.2, -0.15) is 5.10 Å². The maximum Gasteiger partial charge on any atom is 0.262 e. The molecule has 2 aromatic heterocycles. The number of anilines is 1. The van der Waals surface area contributed by atoms with E-state index in [2.05, 4.69) is 15.4 Å². The number of amides is 1. The zero-order valence-corrected chi connectivity index (χ0v) is 14.3. The van der Waals surface area contributed by atoms with Crippen LogP contribution < -0.4 is 10.7 Å². The minimum atomic E-state index is -0.560. The molecule has 1 amide bonds. The van der Waals surface area contributed by atoms with E-state index in [1.54, 1.807) is 23.9 Å². The molecular weight excluding hydrogens is 323 g/mol. The summed E-state index contributed by atoms with van der Waals surface area (Å²) in [6.45, 7) is 5.70. The van der Waals surface area contributed by atoms with E-state index >= 15 is 0 Å². The van der Waals surface area contributed by atoms with Crippen LogP contribution in [0.3, 0.4) is 0 Å². The quantitative estimate of drug-likeness (QED) is 0.763. The van der Waals surface area contributed by atoms with Crippen LogP contribution in [0.4, 0.5) is 10.2 Å². The van der Waals surface area contributed by atoms with Gasteiger partial charge in [-0.1, -0.05) is 6.92 Å². The Kier molecular flexibility index (Phi) is 4.39. The predicted molar refractivity (Wildman–Crippen MR) is 94.4 cm³/mol. The van der Waals surface area contributed by atoms with Crippen molar-refractivity contribution in [2.45, 2.75) is 33.2 Å². The predicted octanol–water partition coefficient (Wildman–Crippen LogP) is 3.40. The number of pyridine rings is 1. The van der Waals surface area contributed by atoms with Crippen molar-refractivity contribution in [3.63, 3.8) is 0 Å². The second kappa shape index (κ2) is 6.51. The molecule has 7 heteroatoms. The third kappa shape index (κ3) is 3.05. The lowest BCUT2D eigenvalue weighted by atomic mass is 10.1. The van der Waals surface area contributed by atoms with E-state index in [1.165, 1.54) is 12.3 Å². The van der Waals surface area contributed by atoms with Gasteiger partial charge in [0, 0.05) is 17.6 Å². The van der Waals surface area contributed by atoms with Gasteiger partial charge >= 0.3 is 0 Å². The minimum Gasteiger partial charge on any atom is -0.360 e. The van der Waals surface area contributed by atoms with E-state index in [1.807, 2.05) is 13.8 Å². The number of aromatic amines is 1. The van der Waals surface area contributed by atoms with Gasteiger partial charge in [0.05, 0.1) is 17.8 Å². The zero-order chi connectivity index (χ0) is 18.1. The average Bonchev–Trinajstić information content (AvgIpc) is 3.03. The van der Waals surface area contributed by atoms with Crippen molar-refractivity contribution in [2.24, 2.45) is 0 Å². The highest BCUT2D eigenvalue weighted by Gasteiger charge is 2.17. The Morgan fingerprint density at radius 1 is 1.44 bits per heavy atom. The number of halogens is 1. The number of rotatable bonds is 4. The number of hydrogen-bond donors (Lipinski definition) is 2. The standard InChI is InChI=1S/C18H19FN4O2/c1-4-11(3)23-15(5-6-21-23)22-18(25)14-9-20-16-10(2)7-12(19)8-13(16)17(14)24/h5-9,11H,4H2,1-3H3,(H,20,24)(H,22,25). The molecule has 6 nitrogen and oxygen atoms in total. The summed E-state index contributed by atoms with van der Waals surface area (Å²) in [7, 11) is 0. The lowest BCUT2D eigenvalue weighted by Gasteiger charge is -2.14. The third-order valence-electron chi connectivity index (χ3n) is 4.32. The van der Waals surface area contributed by atoms with Gasteiger partial charge in [0.2, 0.25) is 5.43 Å². The van der Waals surface area contributed by atoms with E-state index in [4.69, 9.17) is 0 Å². The van der Waals surface area contributed by atoms with Crippen LogP contribution in [-0.4, -0.2) is 20.7 Å². The molecule has 0 spiro atoms. The van der Waals surface area contributed by atoms with E-state index in [-0.39, 0.29) is 17.0 Å². The SMILES string of the molecule is CCC(C)n1nccc1NC(=O)c1c[nH]c2c(C)cc(F)cc2c1=O. The highest BCUT2D eigenvalue weighted by atomic mass is 19.1. The van der Waals surface area contributed by atoms with E-state index in [0.717, 1.165) is 12.5 Å². The van der Waals surface area contributed by atoms with Crippen LogP contribution in [0, 0.1) is 12.7 Å². The van der Waals surface area contributed by atoms with Gasteiger partial charge in [0.25, 0.3) is 5.91 Å². The molecule has 130 valence electrons. The minimum absolute atomic E-state index is 0.0746. The molecule has 0 saturated heterocycles. The van der Waals surface area contributed by atoms with Gasteiger partial charge in [-0.3, -0.25) is 9.59 Å². The smallest absolute Gasteiger partial charge is 0.262 e. The topological polar surface area (TPSA) is 79.8 Å². The summed E-state index contributed by atoms with van der Waals surface area (Å²) in [4.78, 5) is 28.1. The first-order valence-electron chi connectivity index (χ1n) is 8.08. The van der Waals surface area contributed by atoms with Crippen molar-refractivity contribution in [1.29, 1.82) is 0 Å². The van der Waals surface area contributed by atoms with Gasteiger partial charge in [-0.15, -0.1) is 0 Å². The Balaban J connectivity index is 2.00. The lowest BCUT2D eigenvalue weighted by molar-refractivity contribution is 0.102. The van der Waals surface area contributed by atoms with E-state index in [9.17, 15) is 14.0 Å². The number of benzene rings is 1. The molecule has 0 aliphatic carbocycles. The molecular formula is C18H19FN4O2. The molecule has 25 heavy (non-hydrogen) atoms. The summed E-state index contributed by atoms with van der Waals surface area (Å²) in [5, 5.41) is 7.05. The molecule has 2 N–H and O–H groups in total. The number of nitrogens with zero attached hydrogens (tertiary/aromatic N) is 2. The molecule has 2 heterocycles. The number of carbonyl (C=O) groups excluding carboxylic acids is 1. The Morgan fingerprint density at radius 3 is 2.92 bits per heavy atom. The van der Waals surface area contributed by atoms with Crippen LogP contribution in [0.1, 0.15) is 42.2 Å². The largest absolute Gasteiger partial charge is 0.360 e. The number of aryl methyl sites for hydroxylation is 1. The summed E-state index contributed by atoms with van der Waals surface area (Å²) in [6, 6.07) is 4.25. The Bertz CT molecular complexity index is 1010. The molecule has 0 aliphatic rings. The number of H-pyrrole nitrogens is 1. The molecule has 0 radical (unpaired) electrons. The fraction of sp³-hybridized carbons (Fsp3) is 0.278. The fourth-order valence-electron chi connectivity index (χ4n) is 2.76. The maximum absolute atomic E-state index is 13.6. The third-order valence-corrected chi connectivity index (χ3v) is 4.32. The maximum atomic E-state index is 13.6. The number of aromatic nitrogens is 3. The molecule has 3 rings (SSSR count). The highest BCUT2D eigenvalue weighted by molar-refractivity contribution is 6.05. The molecule has 0 bridgehead atoms. The van der Waals surface area contributed by atoms with Crippen molar-refractivity contribution in [1.82, 2.24) is 14.8 Å². The van der Waals surface area contributed by atoms with Crippen LogP contribution in [0.5, 0.6) is 0 Å². The monoisotopic (exact) mass is 342 g/mol. The van der Waals surface area contributed by atoms with Crippen molar-refractivity contribution < 1.29 is 9.18 Å². The van der Waals surface area contributed by atoms with Gasteiger partial charge in [-0.25, -0.2) is 9.07 Å². The van der Waals surface area contributed by atoms with Crippen LogP contribution in [0.15, 0.2) is 35.4 Å². The van der Waals surface area contributed by atoms with Crippen molar-refractivity contribution in [3.05, 3.63) is 57.8 Å². The number of nitrogens with one attached hydrogen (secondary N) is 2. The van der Waals surface area contributed by atoms with Crippen LogP contribution >= 0.6 is 0 Å². The second-order valence-electron chi connectivity index (χ2n) is 6.05. The number of fused-ring (bicyclic) bond motifs is 1. The van der Waals surface area contributed by atoms with Crippen LogP contribution in [-0.2, 0) is 0 Å². The summed E-state index contributed by atoms with van der Waals surface area (Å²) in [5.41, 5.74) is 0.541. The molecule has 1 unspecified atom stereocenters. The summed E-state index contributed by atoms with van der Waals surface area (Å²) in [6.07, 6.45) is 3.79. The van der Waals surface area contributed by atoms with Crippen LogP contribution in [0.2, 0.25) is 0 Å². The highest BCUT2D eigenvalue weighted by Crippen LogP contribution is 2.18. The van der Waals surface area contributed by atoms with Crippen molar-refractivity contribution >= 4 is 22.6 Å². The Labute approximate surface area is 143 Å². The van der Waals surface area contributed by atoms with Gasteiger partial charge < -0.3 is 10.3 Å². The first-order chi connectivity index (χ1) is 11.9. The second-order valence-corrected chi connectivity index (χ2v) is 6.05. The number of hydrogen-bond acceptors (Lipinski definition) is 3. The zero-order valence-electron chi connectivity index (χ0n) is 14.3. The molecule has 3 aromatic rings. The van der Waals surface area contributed by atoms with E-state index in [0.29, 0.717) is 16.9 Å². The normalized spacial score (nSPS) is 12.3. The average molecular weight is 342 g/mol. The van der Waals surface area contributed by atoms with Crippen molar-refractivity contribution in [2.75, 3.05) is 5.32 Å². The molecule has 0 aliphatic heterocycles.